The van der Waals surface area contributed by atoms with Crippen LogP contribution in [0.5, 0.6) is 0 Å². The Bertz CT molecular complexity index is 887. The van der Waals surface area contributed by atoms with E-state index in [2.05, 4.69) is 29.6 Å². The summed E-state index contributed by atoms with van der Waals surface area (Å²) in [7, 11) is -3.68. The van der Waals surface area contributed by atoms with Gasteiger partial charge in [-0.25, -0.2) is 8.42 Å². The van der Waals surface area contributed by atoms with E-state index < -0.39 is 21.5 Å². The SMILES string of the molecule is CC(Nc1ccc(C2CCOC2)cc1)c1ccc(S(=O)(=O)CC(N)=O)cc1. The molecule has 27 heavy (non-hydrogen) atoms. The quantitative estimate of drug-likeness (QED) is 0.760. The zero-order chi connectivity index (χ0) is 19.4. The van der Waals surface area contributed by atoms with Gasteiger partial charge in [-0.15, -0.1) is 0 Å². The first-order chi connectivity index (χ1) is 12.8. The lowest BCUT2D eigenvalue weighted by Crippen LogP contribution is -2.23. The fourth-order valence-electron chi connectivity index (χ4n) is 3.22. The van der Waals surface area contributed by atoms with Gasteiger partial charge in [0.1, 0.15) is 5.75 Å². The molecule has 1 aliphatic rings. The Morgan fingerprint density at radius 1 is 1.19 bits per heavy atom. The first kappa shape index (κ1) is 19.4. The maximum atomic E-state index is 12.0. The number of anilines is 1. The first-order valence-corrected chi connectivity index (χ1v) is 10.6. The lowest BCUT2D eigenvalue weighted by molar-refractivity contribution is -0.115. The minimum atomic E-state index is -3.68. The highest BCUT2D eigenvalue weighted by Gasteiger charge is 2.19. The third-order valence-electron chi connectivity index (χ3n) is 4.77. The number of sulfone groups is 1. The number of nitrogens with one attached hydrogen (secondary N) is 1. The zero-order valence-corrected chi connectivity index (χ0v) is 16.0. The monoisotopic (exact) mass is 388 g/mol. The molecule has 3 rings (SSSR count). The highest BCUT2D eigenvalue weighted by molar-refractivity contribution is 7.92. The van der Waals surface area contributed by atoms with Gasteiger partial charge in [0.05, 0.1) is 11.5 Å². The number of carbonyl (C=O) groups is 1. The van der Waals surface area contributed by atoms with Crippen LogP contribution in [-0.4, -0.2) is 33.3 Å². The van der Waals surface area contributed by atoms with Crippen LogP contribution in [0.15, 0.2) is 53.4 Å². The Morgan fingerprint density at radius 3 is 2.41 bits per heavy atom. The molecule has 1 amide bonds. The van der Waals surface area contributed by atoms with Gasteiger partial charge in [-0.05, 0) is 48.7 Å². The molecule has 0 radical (unpaired) electrons. The van der Waals surface area contributed by atoms with Crippen LogP contribution in [0.2, 0.25) is 0 Å². The largest absolute Gasteiger partial charge is 0.381 e. The minimum absolute atomic E-state index is 0.00133. The Balaban J connectivity index is 1.65. The molecule has 0 saturated carbocycles. The zero-order valence-electron chi connectivity index (χ0n) is 15.2. The molecule has 6 nitrogen and oxygen atoms in total. The topological polar surface area (TPSA) is 98.5 Å². The molecule has 0 aromatic heterocycles. The molecular weight excluding hydrogens is 364 g/mol. The van der Waals surface area contributed by atoms with Gasteiger partial charge in [0.2, 0.25) is 5.91 Å². The second-order valence-corrected chi connectivity index (χ2v) is 8.83. The number of primary amides is 1. The number of amides is 1. The second-order valence-electron chi connectivity index (χ2n) is 6.84. The number of benzene rings is 2. The van der Waals surface area contributed by atoms with Crippen LogP contribution in [-0.2, 0) is 19.4 Å². The molecule has 2 unspecified atom stereocenters. The van der Waals surface area contributed by atoms with Gasteiger partial charge >= 0.3 is 0 Å². The average molecular weight is 388 g/mol. The van der Waals surface area contributed by atoms with Crippen LogP contribution < -0.4 is 11.1 Å². The highest BCUT2D eigenvalue weighted by atomic mass is 32.2. The van der Waals surface area contributed by atoms with Gasteiger partial charge in [0.15, 0.2) is 9.84 Å². The third-order valence-corrected chi connectivity index (χ3v) is 6.42. The fraction of sp³-hybridized carbons (Fsp3) is 0.350. The molecule has 144 valence electrons. The molecule has 2 atom stereocenters. The van der Waals surface area contributed by atoms with Crippen molar-refractivity contribution in [1.82, 2.24) is 0 Å². The summed E-state index contributed by atoms with van der Waals surface area (Å²) >= 11 is 0. The summed E-state index contributed by atoms with van der Waals surface area (Å²) in [5.41, 5.74) is 8.22. The van der Waals surface area contributed by atoms with Gasteiger partial charge in [-0.1, -0.05) is 24.3 Å². The maximum Gasteiger partial charge on any atom is 0.233 e. The van der Waals surface area contributed by atoms with Crippen molar-refractivity contribution < 1.29 is 17.9 Å². The molecule has 3 N–H and O–H groups in total. The first-order valence-electron chi connectivity index (χ1n) is 8.90. The predicted octanol–water partition coefficient (Wildman–Crippen LogP) is 2.62. The van der Waals surface area contributed by atoms with Gasteiger partial charge in [-0.2, -0.15) is 0 Å². The van der Waals surface area contributed by atoms with Crippen LogP contribution in [0.1, 0.15) is 36.4 Å². The number of ether oxygens (including phenoxy) is 1. The van der Waals surface area contributed by atoms with E-state index in [4.69, 9.17) is 10.5 Å². The normalized spacial score (nSPS) is 18.2. The summed E-state index contributed by atoms with van der Waals surface area (Å²) in [6.07, 6.45) is 1.06. The molecule has 0 bridgehead atoms. The molecule has 1 saturated heterocycles. The summed E-state index contributed by atoms with van der Waals surface area (Å²) in [5, 5.41) is 3.41. The molecule has 2 aromatic carbocycles. The number of hydrogen-bond donors (Lipinski definition) is 2. The Morgan fingerprint density at radius 2 is 1.85 bits per heavy atom. The van der Waals surface area contributed by atoms with Crippen molar-refractivity contribution in [2.45, 2.75) is 30.2 Å². The standard InChI is InChI=1S/C20H24N2O4S/c1-14(15-4-8-19(9-5-15)27(24,25)13-20(21)23)22-18-6-2-16(3-7-18)17-10-11-26-12-17/h2-9,14,17,22H,10-13H2,1H3,(H2,21,23). The number of nitrogens with two attached hydrogens (primary N) is 1. The summed E-state index contributed by atoms with van der Waals surface area (Å²) in [5.74, 6) is -1.06. The van der Waals surface area contributed by atoms with Crippen LogP contribution >= 0.6 is 0 Å². The lowest BCUT2D eigenvalue weighted by Gasteiger charge is -2.17. The number of carbonyl (C=O) groups excluding carboxylic acids is 1. The second kappa shape index (κ2) is 8.10. The van der Waals surface area contributed by atoms with Crippen LogP contribution in [0.3, 0.4) is 0 Å². The average Bonchev–Trinajstić information content (AvgIpc) is 3.16. The van der Waals surface area contributed by atoms with Gasteiger partial charge < -0.3 is 15.8 Å². The van der Waals surface area contributed by atoms with E-state index in [0.29, 0.717) is 5.92 Å². The molecular formula is C20H24N2O4S. The molecule has 0 spiro atoms. The van der Waals surface area contributed by atoms with Crippen molar-refractivity contribution in [3.63, 3.8) is 0 Å². The van der Waals surface area contributed by atoms with Crippen molar-refractivity contribution in [1.29, 1.82) is 0 Å². The van der Waals surface area contributed by atoms with E-state index in [-0.39, 0.29) is 10.9 Å². The van der Waals surface area contributed by atoms with Crippen molar-refractivity contribution >= 4 is 21.4 Å². The van der Waals surface area contributed by atoms with Gasteiger partial charge in [0.25, 0.3) is 0 Å². The molecule has 2 aromatic rings. The van der Waals surface area contributed by atoms with E-state index >= 15 is 0 Å². The third kappa shape index (κ3) is 4.87. The van der Waals surface area contributed by atoms with Crippen molar-refractivity contribution in [3.05, 3.63) is 59.7 Å². The maximum absolute atomic E-state index is 12.0. The van der Waals surface area contributed by atoms with E-state index in [1.807, 2.05) is 6.92 Å². The minimum Gasteiger partial charge on any atom is -0.381 e. The molecule has 1 aliphatic heterocycles. The predicted molar refractivity (Wildman–Crippen MR) is 104 cm³/mol. The van der Waals surface area contributed by atoms with Crippen LogP contribution in [0, 0.1) is 0 Å². The Labute approximate surface area is 159 Å². The molecule has 1 heterocycles. The number of rotatable bonds is 7. The number of hydrogen-bond acceptors (Lipinski definition) is 5. The summed E-state index contributed by atoms with van der Waals surface area (Å²) in [6.45, 7) is 3.62. The Hall–Kier alpha value is -2.38. The van der Waals surface area contributed by atoms with E-state index in [0.717, 1.165) is 30.9 Å². The summed E-state index contributed by atoms with van der Waals surface area (Å²) < 4.78 is 29.5. The molecule has 1 fully saturated rings. The van der Waals surface area contributed by atoms with Crippen molar-refractivity contribution in [2.24, 2.45) is 5.73 Å². The smallest absolute Gasteiger partial charge is 0.233 e. The van der Waals surface area contributed by atoms with E-state index in [1.165, 1.54) is 17.7 Å². The van der Waals surface area contributed by atoms with E-state index in [1.54, 1.807) is 12.1 Å². The van der Waals surface area contributed by atoms with Gasteiger partial charge in [0, 0.05) is 24.3 Å². The van der Waals surface area contributed by atoms with Crippen molar-refractivity contribution in [2.75, 3.05) is 24.3 Å². The van der Waals surface area contributed by atoms with Gasteiger partial charge in [-0.3, -0.25) is 4.79 Å². The van der Waals surface area contributed by atoms with E-state index in [9.17, 15) is 13.2 Å². The molecule has 7 heteroatoms. The lowest BCUT2D eigenvalue weighted by atomic mass is 9.98. The Kier molecular flexibility index (Phi) is 5.82. The highest BCUT2D eigenvalue weighted by Crippen LogP contribution is 2.27. The summed E-state index contributed by atoms with van der Waals surface area (Å²) in [6, 6.07) is 14.8. The summed E-state index contributed by atoms with van der Waals surface area (Å²) in [4.78, 5) is 11.0. The van der Waals surface area contributed by atoms with Crippen LogP contribution in [0.4, 0.5) is 5.69 Å². The molecule has 0 aliphatic carbocycles. The van der Waals surface area contributed by atoms with Crippen molar-refractivity contribution in [3.8, 4) is 0 Å². The fourth-order valence-corrected chi connectivity index (χ4v) is 4.31. The van der Waals surface area contributed by atoms with Crippen LogP contribution in [0.25, 0.3) is 0 Å².